The van der Waals surface area contributed by atoms with Crippen LogP contribution in [0.15, 0.2) is 9.98 Å². The molecule has 0 radical (unpaired) electrons. The van der Waals surface area contributed by atoms with E-state index < -0.39 is 12.0 Å². The largest absolute Gasteiger partial charge is 0.480 e. The third kappa shape index (κ3) is 9.01. The predicted octanol–water partition coefficient (Wildman–Crippen LogP) is -1.04. The Morgan fingerprint density at radius 3 is 3.00 bits per heavy atom. The number of rotatable bonds is 9. The van der Waals surface area contributed by atoms with E-state index in [-0.39, 0.29) is 12.7 Å². The highest BCUT2D eigenvalue weighted by Gasteiger charge is 2.18. The first-order valence-corrected chi connectivity index (χ1v) is 8.50. The molecular weight excluding hydrogens is 326 g/mol. The highest BCUT2D eigenvalue weighted by molar-refractivity contribution is 5.83. The molecule has 7 N–H and O–H groups in total. The zero-order valence-corrected chi connectivity index (χ0v) is 14.5. The zero-order chi connectivity index (χ0) is 18.5. The molecule has 1 atom stereocenters. The number of amidine groups is 1. The molecular formula is C15H29N7O3. The van der Waals surface area contributed by atoms with E-state index in [0.29, 0.717) is 51.4 Å². The number of amides is 2. The van der Waals surface area contributed by atoms with Crippen LogP contribution in [-0.4, -0.2) is 79.5 Å². The maximum Gasteiger partial charge on any atom is 0.320 e. The van der Waals surface area contributed by atoms with Gasteiger partial charge in [-0.2, -0.15) is 0 Å². The number of nitrogens with one attached hydrogen (secondary N) is 2. The number of hydrogen-bond donors (Lipinski definition) is 5. The molecule has 0 aromatic heterocycles. The normalized spacial score (nSPS) is 20.8. The summed E-state index contributed by atoms with van der Waals surface area (Å²) in [6.45, 7) is 2.23. The minimum atomic E-state index is -0.899. The molecule has 1 aliphatic rings. The Morgan fingerprint density at radius 1 is 1.48 bits per heavy atom. The number of carboxylic acids is 1. The molecule has 0 unspecified atom stereocenters. The molecule has 0 fully saturated rings. The van der Waals surface area contributed by atoms with Gasteiger partial charge in [0.1, 0.15) is 12.7 Å². The monoisotopic (exact) mass is 355 g/mol. The van der Waals surface area contributed by atoms with Gasteiger partial charge in [0.25, 0.3) is 0 Å². The fourth-order valence-corrected chi connectivity index (χ4v) is 2.28. The minimum Gasteiger partial charge on any atom is -0.480 e. The van der Waals surface area contributed by atoms with Crippen LogP contribution in [0.3, 0.4) is 0 Å². The van der Waals surface area contributed by atoms with E-state index in [1.165, 1.54) is 4.90 Å². The van der Waals surface area contributed by atoms with Gasteiger partial charge in [0.15, 0.2) is 0 Å². The Hall–Kier alpha value is -2.20. The van der Waals surface area contributed by atoms with Gasteiger partial charge < -0.3 is 32.1 Å². The number of unbranched alkanes of at least 4 members (excludes halogenated alkanes) is 1. The molecule has 142 valence electrons. The Labute approximate surface area is 147 Å². The Bertz CT molecular complexity index is 482. The van der Waals surface area contributed by atoms with Crippen molar-refractivity contribution in [2.24, 2.45) is 21.5 Å². The lowest BCUT2D eigenvalue weighted by molar-refractivity contribution is -0.139. The maximum atomic E-state index is 12.2. The molecule has 0 aliphatic carbocycles. The molecule has 25 heavy (non-hydrogen) atoms. The third-order valence-electron chi connectivity index (χ3n) is 3.72. The van der Waals surface area contributed by atoms with Crippen molar-refractivity contribution < 1.29 is 14.7 Å². The van der Waals surface area contributed by atoms with Gasteiger partial charge in [-0.25, -0.2) is 4.79 Å². The molecule has 10 heteroatoms. The summed E-state index contributed by atoms with van der Waals surface area (Å²) in [6.07, 6.45) is 4.14. The van der Waals surface area contributed by atoms with Crippen LogP contribution in [0, 0.1) is 0 Å². The Kier molecular flexibility index (Phi) is 10.2. The second kappa shape index (κ2) is 12.2. The van der Waals surface area contributed by atoms with Crippen LogP contribution in [0.25, 0.3) is 0 Å². The summed E-state index contributed by atoms with van der Waals surface area (Å²) in [6, 6.07) is -0.904. The number of carbonyl (C=O) groups excluding carboxylic acids is 1. The van der Waals surface area contributed by atoms with E-state index in [0.717, 1.165) is 12.8 Å². The summed E-state index contributed by atoms with van der Waals surface area (Å²) >= 11 is 0. The van der Waals surface area contributed by atoms with Crippen molar-refractivity contribution in [2.75, 3.05) is 39.4 Å². The molecule has 1 heterocycles. The van der Waals surface area contributed by atoms with Crippen LogP contribution < -0.4 is 22.1 Å². The first-order valence-electron chi connectivity index (χ1n) is 8.50. The van der Waals surface area contributed by atoms with Crippen LogP contribution in [0.2, 0.25) is 0 Å². The van der Waals surface area contributed by atoms with Gasteiger partial charge >= 0.3 is 12.0 Å². The maximum absolute atomic E-state index is 12.2. The fraction of sp³-hybridized carbons (Fsp3) is 0.733. The first-order chi connectivity index (χ1) is 12.0. The quantitative estimate of drug-likeness (QED) is 0.332. The number of nitrogens with two attached hydrogens (primary N) is 2. The molecule has 0 saturated heterocycles. The smallest absolute Gasteiger partial charge is 0.320 e. The first kappa shape index (κ1) is 20.8. The van der Waals surface area contributed by atoms with Crippen molar-refractivity contribution in [1.82, 2.24) is 15.5 Å². The summed E-state index contributed by atoms with van der Waals surface area (Å²) < 4.78 is 0. The van der Waals surface area contributed by atoms with Crippen LogP contribution in [0.4, 0.5) is 4.79 Å². The third-order valence-corrected chi connectivity index (χ3v) is 3.72. The summed E-state index contributed by atoms with van der Waals surface area (Å²) in [5.41, 5.74) is 11.1. The van der Waals surface area contributed by atoms with Crippen LogP contribution >= 0.6 is 0 Å². The van der Waals surface area contributed by atoms with Gasteiger partial charge in [0.05, 0.1) is 12.4 Å². The standard InChI is InChI=1S/C15H29N7O3/c16-5-2-1-3-12(14(23)24)19-9-10-22-11-18-7-8-20-13(17)4-6-21-15(22)25/h7,12,19H,1-6,8-11,16H2,(H2,17,20)(H,21,25)(H,23,24)/b18-7-/t12-/m0/s1. The topological polar surface area (TPSA) is 158 Å². The molecule has 0 bridgehead atoms. The van der Waals surface area contributed by atoms with Crippen molar-refractivity contribution in [3.8, 4) is 0 Å². The number of carboxylic acid groups (broad SMARTS) is 1. The van der Waals surface area contributed by atoms with E-state index in [1.807, 2.05) is 0 Å². The highest BCUT2D eigenvalue weighted by Crippen LogP contribution is 2.01. The number of hydrogen-bond acceptors (Lipinski definition) is 7. The van der Waals surface area contributed by atoms with E-state index >= 15 is 0 Å². The molecule has 0 aromatic carbocycles. The number of aliphatic carboxylic acids is 1. The molecule has 2 amide bonds. The predicted molar refractivity (Wildman–Crippen MR) is 96.9 cm³/mol. The van der Waals surface area contributed by atoms with E-state index in [4.69, 9.17) is 11.5 Å². The number of urea groups is 1. The molecule has 0 aromatic rings. The van der Waals surface area contributed by atoms with Gasteiger partial charge in [-0.3, -0.25) is 14.8 Å². The summed E-state index contributed by atoms with van der Waals surface area (Å²) in [4.78, 5) is 33.2. The summed E-state index contributed by atoms with van der Waals surface area (Å²) in [7, 11) is 0. The lowest BCUT2D eigenvalue weighted by Gasteiger charge is -2.22. The lowest BCUT2D eigenvalue weighted by Crippen LogP contribution is -2.46. The van der Waals surface area contributed by atoms with Crippen LogP contribution in [0.1, 0.15) is 25.7 Å². The minimum absolute atomic E-state index is 0.188. The molecule has 0 spiro atoms. The molecule has 0 saturated carbocycles. The number of carbonyl (C=O) groups is 2. The van der Waals surface area contributed by atoms with E-state index in [1.54, 1.807) is 6.21 Å². The lowest BCUT2D eigenvalue weighted by atomic mass is 10.1. The fourth-order valence-electron chi connectivity index (χ4n) is 2.28. The van der Waals surface area contributed by atoms with Gasteiger partial charge in [0, 0.05) is 32.3 Å². The van der Waals surface area contributed by atoms with E-state index in [2.05, 4.69) is 20.6 Å². The van der Waals surface area contributed by atoms with Gasteiger partial charge in [-0.1, -0.05) is 6.42 Å². The number of aliphatic imine (C=N–C) groups is 2. The molecule has 10 nitrogen and oxygen atoms in total. The van der Waals surface area contributed by atoms with Crippen molar-refractivity contribution in [1.29, 1.82) is 0 Å². The van der Waals surface area contributed by atoms with Crippen molar-refractivity contribution in [3.05, 3.63) is 0 Å². The summed E-state index contributed by atoms with van der Waals surface area (Å²) in [5, 5.41) is 15.0. The van der Waals surface area contributed by atoms with Crippen molar-refractivity contribution in [2.45, 2.75) is 31.7 Å². The Morgan fingerprint density at radius 2 is 2.28 bits per heavy atom. The highest BCUT2D eigenvalue weighted by atomic mass is 16.4. The molecule has 1 rings (SSSR count). The van der Waals surface area contributed by atoms with Crippen LogP contribution in [0.5, 0.6) is 0 Å². The SMILES string of the molecule is NCCCC[C@H](NCCN1C/N=C\C/N=C(/N)CCNC1=O)C(=O)O. The van der Waals surface area contributed by atoms with Crippen LogP contribution in [-0.2, 0) is 4.79 Å². The van der Waals surface area contributed by atoms with E-state index in [9.17, 15) is 14.7 Å². The van der Waals surface area contributed by atoms with Gasteiger partial charge in [-0.05, 0) is 19.4 Å². The zero-order valence-electron chi connectivity index (χ0n) is 14.5. The van der Waals surface area contributed by atoms with Gasteiger partial charge in [-0.15, -0.1) is 0 Å². The second-order valence-electron chi connectivity index (χ2n) is 5.71. The van der Waals surface area contributed by atoms with Crippen molar-refractivity contribution in [3.63, 3.8) is 0 Å². The number of nitrogens with zero attached hydrogens (tertiary/aromatic N) is 3. The Balaban J connectivity index is 2.47. The molecule has 1 aliphatic heterocycles. The summed E-state index contributed by atoms with van der Waals surface area (Å²) in [5.74, 6) is -0.423. The average Bonchev–Trinajstić information content (AvgIpc) is 2.60. The second-order valence-corrected chi connectivity index (χ2v) is 5.71. The average molecular weight is 355 g/mol. The van der Waals surface area contributed by atoms with Crippen molar-refractivity contribution >= 4 is 24.1 Å². The van der Waals surface area contributed by atoms with Gasteiger partial charge in [0.2, 0.25) is 0 Å².